The summed E-state index contributed by atoms with van der Waals surface area (Å²) in [6, 6.07) is 21.0. The first-order valence-corrected chi connectivity index (χ1v) is 11.6. The van der Waals surface area contributed by atoms with Gasteiger partial charge in [-0.2, -0.15) is 0 Å². The van der Waals surface area contributed by atoms with Crippen LogP contribution >= 0.6 is 0 Å². The molecule has 4 rings (SSSR count). The van der Waals surface area contributed by atoms with Gasteiger partial charge in [0, 0.05) is 24.7 Å². The highest BCUT2D eigenvalue weighted by atomic mass is 32.2. The van der Waals surface area contributed by atoms with E-state index in [9.17, 15) is 13.2 Å². The van der Waals surface area contributed by atoms with E-state index in [4.69, 9.17) is 5.14 Å². The average molecular weight is 424 g/mol. The Hall–Kier alpha value is -2.74. The average Bonchev–Trinajstić information content (AvgIpc) is 3.20. The van der Waals surface area contributed by atoms with E-state index in [0.29, 0.717) is 24.7 Å². The molecule has 1 heterocycles. The molecule has 1 aliphatic heterocycles. The maximum absolute atomic E-state index is 12.4. The topological polar surface area (TPSA) is 92.5 Å². The fourth-order valence-corrected chi connectivity index (χ4v) is 4.70. The van der Waals surface area contributed by atoms with Crippen molar-refractivity contribution in [3.05, 3.63) is 72.3 Å². The number of nitrogens with zero attached hydrogens (tertiary/aromatic N) is 1. The number of primary sulfonamides is 1. The Morgan fingerprint density at radius 1 is 1.03 bits per heavy atom. The lowest BCUT2D eigenvalue weighted by molar-refractivity contribution is -0.116. The molecule has 3 aromatic carbocycles. The molecule has 1 atom stereocenters. The van der Waals surface area contributed by atoms with Gasteiger partial charge in [-0.25, -0.2) is 13.6 Å². The van der Waals surface area contributed by atoms with Gasteiger partial charge in [0.2, 0.25) is 15.9 Å². The van der Waals surface area contributed by atoms with E-state index in [-0.39, 0.29) is 10.8 Å². The van der Waals surface area contributed by atoms with E-state index in [1.54, 1.807) is 12.1 Å². The number of benzene rings is 3. The third-order valence-corrected chi connectivity index (χ3v) is 6.57. The molecule has 1 saturated heterocycles. The SMILES string of the molecule is NS(=O)(=O)c1ccc(NC(=O)CCN2CCCC2c2cccc3ccccc23)cc1. The van der Waals surface area contributed by atoms with Crippen LogP contribution < -0.4 is 10.5 Å². The second kappa shape index (κ2) is 8.55. The number of nitrogens with two attached hydrogens (primary N) is 1. The maximum Gasteiger partial charge on any atom is 0.238 e. The molecule has 0 spiro atoms. The highest BCUT2D eigenvalue weighted by Crippen LogP contribution is 2.35. The molecular formula is C23H25N3O3S. The molecule has 1 amide bonds. The Kier molecular flexibility index (Phi) is 5.85. The zero-order chi connectivity index (χ0) is 21.1. The highest BCUT2D eigenvalue weighted by Gasteiger charge is 2.27. The number of rotatable bonds is 6. The van der Waals surface area contributed by atoms with E-state index in [0.717, 1.165) is 19.4 Å². The van der Waals surface area contributed by atoms with Gasteiger partial charge in [-0.05, 0) is 60.0 Å². The number of hydrogen-bond donors (Lipinski definition) is 2. The third-order valence-electron chi connectivity index (χ3n) is 5.64. The number of amides is 1. The van der Waals surface area contributed by atoms with E-state index < -0.39 is 10.0 Å². The minimum Gasteiger partial charge on any atom is -0.326 e. The van der Waals surface area contributed by atoms with Crippen molar-refractivity contribution in [2.45, 2.75) is 30.2 Å². The Morgan fingerprint density at radius 2 is 1.77 bits per heavy atom. The molecule has 0 saturated carbocycles. The van der Waals surface area contributed by atoms with E-state index in [1.807, 2.05) is 0 Å². The summed E-state index contributed by atoms with van der Waals surface area (Å²) in [4.78, 5) is 14.8. The summed E-state index contributed by atoms with van der Waals surface area (Å²) in [6.45, 7) is 1.65. The zero-order valence-electron chi connectivity index (χ0n) is 16.6. The molecule has 0 aliphatic carbocycles. The van der Waals surface area contributed by atoms with E-state index in [1.165, 1.54) is 28.5 Å². The van der Waals surface area contributed by atoms with Gasteiger partial charge in [-0.3, -0.25) is 9.69 Å². The molecule has 0 aromatic heterocycles. The number of hydrogen-bond acceptors (Lipinski definition) is 4. The standard InChI is InChI=1S/C23H25N3O3S/c24-30(28,29)19-12-10-18(11-13-19)25-23(27)14-16-26-15-4-9-22(26)21-8-3-6-17-5-1-2-7-20(17)21/h1-3,5-8,10-13,22H,4,9,14-16H2,(H,25,27)(H2,24,28,29). The van der Waals surface area contributed by atoms with Crippen molar-refractivity contribution in [2.75, 3.05) is 18.4 Å². The highest BCUT2D eigenvalue weighted by molar-refractivity contribution is 7.89. The van der Waals surface area contributed by atoms with E-state index >= 15 is 0 Å². The lowest BCUT2D eigenvalue weighted by Gasteiger charge is -2.25. The van der Waals surface area contributed by atoms with Crippen molar-refractivity contribution in [3.63, 3.8) is 0 Å². The Bertz CT molecular complexity index is 1150. The van der Waals surface area contributed by atoms with Crippen molar-refractivity contribution in [3.8, 4) is 0 Å². The van der Waals surface area contributed by atoms with Crippen LogP contribution in [0.3, 0.4) is 0 Å². The summed E-state index contributed by atoms with van der Waals surface area (Å²) in [5.41, 5.74) is 1.88. The maximum atomic E-state index is 12.4. The molecule has 1 unspecified atom stereocenters. The van der Waals surface area contributed by atoms with Crippen molar-refractivity contribution >= 4 is 32.4 Å². The molecule has 1 aliphatic rings. The van der Waals surface area contributed by atoms with Crippen LogP contribution in [-0.2, 0) is 14.8 Å². The third kappa shape index (κ3) is 4.53. The molecular weight excluding hydrogens is 398 g/mol. The van der Waals surface area contributed by atoms with Gasteiger partial charge >= 0.3 is 0 Å². The Morgan fingerprint density at radius 3 is 2.53 bits per heavy atom. The van der Waals surface area contributed by atoms with Gasteiger partial charge in [0.05, 0.1) is 4.90 Å². The predicted molar refractivity (Wildman–Crippen MR) is 119 cm³/mol. The number of carbonyl (C=O) groups excluding carboxylic acids is 1. The first-order valence-electron chi connectivity index (χ1n) is 10.1. The largest absolute Gasteiger partial charge is 0.326 e. The minimum absolute atomic E-state index is 0.0236. The van der Waals surface area contributed by atoms with Crippen LogP contribution in [-0.4, -0.2) is 32.3 Å². The van der Waals surface area contributed by atoms with Crippen LogP contribution in [0, 0.1) is 0 Å². The molecule has 0 radical (unpaired) electrons. The van der Waals surface area contributed by atoms with Crippen molar-refractivity contribution < 1.29 is 13.2 Å². The van der Waals surface area contributed by atoms with Crippen LogP contribution in [0.15, 0.2) is 71.6 Å². The summed E-state index contributed by atoms with van der Waals surface area (Å²) in [5, 5.41) is 10.4. The molecule has 156 valence electrons. The number of nitrogens with one attached hydrogen (secondary N) is 1. The van der Waals surface area contributed by atoms with Gasteiger partial charge in [0.1, 0.15) is 0 Å². The minimum atomic E-state index is -3.74. The van der Waals surface area contributed by atoms with Gasteiger partial charge in [0.15, 0.2) is 0 Å². The second-order valence-corrected chi connectivity index (χ2v) is 9.19. The van der Waals surface area contributed by atoms with Gasteiger partial charge in [-0.1, -0.05) is 42.5 Å². The molecule has 7 heteroatoms. The molecule has 3 aromatic rings. The molecule has 30 heavy (non-hydrogen) atoms. The number of sulfonamides is 1. The van der Waals surface area contributed by atoms with Gasteiger partial charge in [0.25, 0.3) is 0 Å². The summed E-state index contributed by atoms with van der Waals surface area (Å²) in [6.07, 6.45) is 2.58. The van der Waals surface area contributed by atoms with Crippen molar-refractivity contribution in [1.82, 2.24) is 4.90 Å². The summed E-state index contributed by atoms with van der Waals surface area (Å²) >= 11 is 0. The fraction of sp³-hybridized carbons (Fsp3) is 0.261. The quantitative estimate of drug-likeness (QED) is 0.633. The lowest BCUT2D eigenvalue weighted by Crippen LogP contribution is -2.27. The second-order valence-electron chi connectivity index (χ2n) is 7.63. The number of fused-ring (bicyclic) bond motifs is 1. The summed E-state index contributed by atoms with van der Waals surface area (Å²) in [5.74, 6) is -0.0954. The summed E-state index contributed by atoms with van der Waals surface area (Å²) in [7, 11) is -3.74. The zero-order valence-corrected chi connectivity index (χ0v) is 17.4. The molecule has 3 N–H and O–H groups in total. The molecule has 0 bridgehead atoms. The van der Waals surface area contributed by atoms with Crippen molar-refractivity contribution in [1.29, 1.82) is 0 Å². The smallest absolute Gasteiger partial charge is 0.238 e. The number of carbonyl (C=O) groups is 1. The number of likely N-dealkylation sites (tertiary alicyclic amines) is 1. The summed E-state index contributed by atoms with van der Waals surface area (Å²) < 4.78 is 22.7. The predicted octanol–water partition coefficient (Wildman–Crippen LogP) is 3.65. The Labute approximate surface area is 176 Å². The van der Waals surface area contributed by atoms with Crippen LogP contribution in [0.5, 0.6) is 0 Å². The van der Waals surface area contributed by atoms with Crippen LogP contribution in [0.25, 0.3) is 10.8 Å². The van der Waals surface area contributed by atoms with Crippen LogP contribution in [0.2, 0.25) is 0 Å². The fourth-order valence-electron chi connectivity index (χ4n) is 4.18. The first-order chi connectivity index (χ1) is 14.4. The van der Waals surface area contributed by atoms with Crippen LogP contribution in [0.1, 0.15) is 30.9 Å². The Balaban J connectivity index is 1.40. The lowest BCUT2D eigenvalue weighted by atomic mass is 9.97. The molecule has 6 nitrogen and oxygen atoms in total. The number of anilines is 1. The monoisotopic (exact) mass is 423 g/mol. The van der Waals surface area contributed by atoms with Gasteiger partial charge < -0.3 is 5.32 Å². The van der Waals surface area contributed by atoms with E-state index in [2.05, 4.69) is 52.7 Å². The van der Waals surface area contributed by atoms with Crippen molar-refractivity contribution in [2.24, 2.45) is 5.14 Å². The van der Waals surface area contributed by atoms with Gasteiger partial charge in [-0.15, -0.1) is 0 Å². The normalized spacial score (nSPS) is 17.3. The molecule has 1 fully saturated rings. The van der Waals surface area contributed by atoms with Crippen LogP contribution in [0.4, 0.5) is 5.69 Å². The first kappa shape index (κ1) is 20.5.